The van der Waals surface area contributed by atoms with E-state index in [1.54, 1.807) is 0 Å². The van der Waals surface area contributed by atoms with E-state index in [-0.39, 0.29) is 16.5 Å². The van der Waals surface area contributed by atoms with Gasteiger partial charge in [0.1, 0.15) is 5.37 Å². The predicted molar refractivity (Wildman–Crippen MR) is 60.7 cm³/mol. The number of rotatable bonds is 5. The molecule has 0 aromatic heterocycles. The Morgan fingerprint density at radius 2 is 1.93 bits per heavy atom. The van der Waals surface area contributed by atoms with Crippen LogP contribution in [-0.2, 0) is 4.79 Å². The minimum Gasteiger partial charge on any atom is -0.309 e. The maximum atomic E-state index is 11.3. The molecule has 0 bridgehead atoms. The monoisotopic (exact) mass is 231 g/mol. The number of imide groups is 1. The number of likely N-dealkylation sites (N-methyl/N-ethyl adjacent to an activating group) is 1. The number of nitrogens with zero attached hydrogens (tertiary/aromatic N) is 2. The summed E-state index contributed by atoms with van der Waals surface area (Å²) in [6.07, 6.45) is 0.988. The molecule has 0 radical (unpaired) electrons. The van der Waals surface area contributed by atoms with E-state index in [1.807, 2.05) is 26.0 Å². The third-order valence-electron chi connectivity index (χ3n) is 2.18. The molecule has 1 atom stereocenters. The van der Waals surface area contributed by atoms with Crippen LogP contribution in [0.15, 0.2) is 0 Å². The second-order valence-corrected chi connectivity index (χ2v) is 4.94. The van der Waals surface area contributed by atoms with E-state index >= 15 is 0 Å². The molecule has 1 aliphatic heterocycles. The smallest absolute Gasteiger partial charge is 0.287 e. The van der Waals surface area contributed by atoms with Crippen LogP contribution in [0.4, 0.5) is 4.79 Å². The molecule has 0 aromatic rings. The summed E-state index contributed by atoms with van der Waals surface area (Å²) in [7, 11) is 5.90. The highest BCUT2D eigenvalue weighted by molar-refractivity contribution is 8.15. The van der Waals surface area contributed by atoms with Gasteiger partial charge in [-0.2, -0.15) is 0 Å². The van der Waals surface area contributed by atoms with Crippen LogP contribution in [0, 0.1) is 0 Å². The molecule has 5 nitrogen and oxygen atoms in total. The van der Waals surface area contributed by atoms with Gasteiger partial charge in [0.2, 0.25) is 0 Å². The quantitative estimate of drug-likeness (QED) is 0.731. The Bertz CT molecular complexity index is 258. The van der Waals surface area contributed by atoms with Crippen molar-refractivity contribution in [2.75, 3.05) is 34.2 Å². The van der Waals surface area contributed by atoms with E-state index in [4.69, 9.17) is 0 Å². The maximum Gasteiger partial charge on any atom is 0.287 e. The van der Waals surface area contributed by atoms with Crippen LogP contribution in [0.25, 0.3) is 0 Å². The molecule has 1 saturated heterocycles. The topological polar surface area (TPSA) is 52.6 Å². The molecule has 1 heterocycles. The van der Waals surface area contributed by atoms with Gasteiger partial charge in [-0.3, -0.25) is 19.8 Å². The Morgan fingerprint density at radius 3 is 2.40 bits per heavy atom. The first kappa shape index (κ1) is 12.5. The number of carbonyl (C=O) groups excluding carboxylic acids is 2. The Balaban J connectivity index is 2.30. The number of hydrogen-bond donors (Lipinski definition) is 1. The second kappa shape index (κ2) is 5.48. The summed E-state index contributed by atoms with van der Waals surface area (Å²) in [5, 5.41) is 1.69. The van der Waals surface area contributed by atoms with Crippen LogP contribution in [0.1, 0.15) is 6.42 Å². The second-order valence-electron chi connectivity index (χ2n) is 3.88. The lowest BCUT2D eigenvalue weighted by Gasteiger charge is -2.21. The maximum absolute atomic E-state index is 11.3. The summed E-state index contributed by atoms with van der Waals surface area (Å²) in [6.45, 7) is 1.80. The largest absolute Gasteiger partial charge is 0.309 e. The Labute approximate surface area is 94.2 Å². The fraction of sp³-hybridized carbons (Fsp3) is 0.778. The van der Waals surface area contributed by atoms with E-state index in [0.717, 1.165) is 31.3 Å². The normalized spacial score (nSPS) is 21.5. The number of thioether (sulfide) groups is 1. The Morgan fingerprint density at radius 1 is 1.27 bits per heavy atom. The molecule has 86 valence electrons. The number of amides is 2. The summed E-state index contributed by atoms with van der Waals surface area (Å²) in [5.74, 6) is -0.197. The van der Waals surface area contributed by atoms with Crippen LogP contribution in [-0.4, -0.2) is 60.6 Å². The number of nitrogens with one attached hydrogen (secondary N) is 1. The summed E-state index contributed by atoms with van der Waals surface area (Å²) in [5.41, 5.74) is 0. The highest BCUT2D eigenvalue weighted by Crippen LogP contribution is 2.21. The minimum absolute atomic E-state index is 0.197. The lowest BCUT2D eigenvalue weighted by Crippen LogP contribution is -2.38. The van der Waals surface area contributed by atoms with Gasteiger partial charge in [-0.25, -0.2) is 0 Å². The van der Waals surface area contributed by atoms with Crippen LogP contribution in [0.3, 0.4) is 0 Å². The molecule has 6 heteroatoms. The molecule has 0 saturated carbocycles. The predicted octanol–water partition coefficient (Wildman–Crippen LogP) is 0.179. The molecule has 0 spiro atoms. The van der Waals surface area contributed by atoms with E-state index in [1.165, 1.54) is 0 Å². The van der Waals surface area contributed by atoms with Gasteiger partial charge in [0.05, 0.1) is 0 Å². The van der Waals surface area contributed by atoms with Crippen molar-refractivity contribution in [2.45, 2.75) is 11.8 Å². The number of carbonyl (C=O) groups is 2. The van der Waals surface area contributed by atoms with Gasteiger partial charge in [0.25, 0.3) is 11.1 Å². The summed E-state index contributed by atoms with van der Waals surface area (Å²) < 4.78 is 0. The van der Waals surface area contributed by atoms with E-state index in [0.29, 0.717) is 0 Å². The lowest BCUT2D eigenvalue weighted by atomic mass is 10.3. The molecule has 0 aliphatic carbocycles. The Kier molecular flexibility index (Phi) is 4.56. The van der Waals surface area contributed by atoms with Crippen molar-refractivity contribution in [2.24, 2.45) is 0 Å². The number of hydrogen-bond acceptors (Lipinski definition) is 5. The third-order valence-corrected chi connectivity index (χ3v) is 3.30. The van der Waals surface area contributed by atoms with Crippen molar-refractivity contribution < 1.29 is 9.59 Å². The zero-order valence-electron chi connectivity index (χ0n) is 9.32. The van der Waals surface area contributed by atoms with Crippen molar-refractivity contribution in [1.29, 1.82) is 0 Å². The van der Waals surface area contributed by atoms with Crippen LogP contribution < -0.4 is 5.32 Å². The molecule has 0 aromatic carbocycles. The average molecular weight is 231 g/mol. The van der Waals surface area contributed by atoms with Crippen molar-refractivity contribution in [3.63, 3.8) is 0 Å². The fourth-order valence-corrected chi connectivity index (χ4v) is 2.20. The molecule has 1 N–H and O–H groups in total. The van der Waals surface area contributed by atoms with Gasteiger partial charge in [-0.1, -0.05) is 0 Å². The zero-order valence-corrected chi connectivity index (χ0v) is 10.1. The van der Waals surface area contributed by atoms with Crippen LogP contribution in [0.5, 0.6) is 0 Å². The first-order valence-electron chi connectivity index (χ1n) is 4.87. The molecule has 1 aliphatic rings. The van der Waals surface area contributed by atoms with Gasteiger partial charge in [0, 0.05) is 6.54 Å². The highest BCUT2D eigenvalue weighted by atomic mass is 32.2. The summed E-state index contributed by atoms with van der Waals surface area (Å²) >= 11 is 1.05. The minimum atomic E-state index is -0.348. The van der Waals surface area contributed by atoms with E-state index in [2.05, 4.69) is 10.2 Å². The first-order chi connectivity index (χ1) is 7.00. The fourth-order valence-electron chi connectivity index (χ4n) is 1.39. The molecule has 15 heavy (non-hydrogen) atoms. The highest BCUT2D eigenvalue weighted by Gasteiger charge is 2.34. The van der Waals surface area contributed by atoms with Crippen molar-refractivity contribution in [1.82, 2.24) is 15.1 Å². The molecule has 1 fully saturated rings. The molecule has 1 unspecified atom stereocenters. The van der Waals surface area contributed by atoms with Crippen molar-refractivity contribution >= 4 is 22.9 Å². The molecule has 2 amide bonds. The molecular weight excluding hydrogens is 214 g/mol. The van der Waals surface area contributed by atoms with E-state index in [9.17, 15) is 9.59 Å². The summed E-state index contributed by atoms with van der Waals surface area (Å²) in [6, 6.07) is 0. The Hall–Kier alpha value is -0.590. The molecule has 1 rings (SSSR count). The zero-order chi connectivity index (χ0) is 11.4. The van der Waals surface area contributed by atoms with Crippen LogP contribution >= 0.6 is 11.8 Å². The SMILES string of the molecule is CN(C)CCCN(C)C1SC(=O)NC1=O. The first-order valence-corrected chi connectivity index (χ1v) is 5.75. The van der Waals surface area contributed by atoms with Crippen LogP contribution in [0.2, 0.25) is 0 Å². The van der Waals surface area contributed by atoms with Gasteiger partial charge in [-0.15, -0.1) is 0 Å². The average Bonchev–Trinajstić information content (AvgIpc) is 2.44. The standard InChI is InChI=1S/C9H17N3O2S/c1-11(2)5-4-6-12(3)8-7(13)10-9(14)15-8/h8H,4-6H2,1-3H3,(H,10,13,14). The molecular formula is C9H17N3O2S. The lowest BCUT2D eigenvalue weighted by molar-refractivity contribution is -0.121. The van der Waals surface area contributed by atoms with Crippen molar-refractivity contribution in [3.8, 4) is 0 Å². The summed E-state index contributed by atoms with van der Waals surface area (Å²) in [4.78, 5) is 26.3. The van der Waals surface area contributed by atoms with Gasteiger partial charge >= 0.3 is 0 Å². The van der Waals surface area contributed by atoms with Gasteiger partial charge in [-0.05, 0) is 45.9 Å². The van der Waals surface area contributed by atoms with Gasteiger partial charge in [0.15, 0.2) is 0 Å². The van der Waals surface area contributed by atoms with Gasteiger partial charge < -0.3 is 4.90 Å². The third kappa shape index (κ3) is 3.81. The van der Waals surface area contributed by atoms with E-state index < -0.39 is 0 Å². The van der Waals surface area contributed by atoms with Crippen molar-refractivity contribution in [3.05, 3.63) is 0 Å².